The van der Waals surface area contributed by atoms with Gasteiger partial charge < -0.3 is 4.74 Å². The lowest BCUT2D eigenvalue weighted by Crippen LogP contribution is -2.17. The summed E-state index contributed by atoms with van der Waals surface area (Å²) in [5.74, 6) is -1.28. The molecule has 84 valence electrons. The van der Waals surface area contributed by atoms with E-state index in [9.17, 15) is 9.59 Å². The summed E-state index contributed by atoms with van der Waals surface area (Å²) in [7, 11) is 0. The van der Waals surface area contributed by atoms with Crippen molar-refractivity contribution in [2.45, 2.75) is 12.8 Å². The standard InChI is InChI=1S/C13H14O3/c1-2-10-16-13(15)12(14)9-8-11-6-4-3-5-7-11/h2-7H,1,8-10H2. The maximum atomic E-state index is 11.3. The molecular weight excluding hydrogens is 204 g/mol. The first-order valence-corrected chi connectivity index (χ1v) is 5.09. The van der Waals surface area contributed by atoms with Gasteiger partial charge in [0.05, 0.1) is 0 Å². The molecule has 0 amide bonds. The van der Waals surface area contributed by atoms with Crippen LogP contribution in [0.1, 0.15) is 12.0 Å². The average molecular weight is 218 g/mol. The molecule has 0 N–H and O–H groups in total. The fraction of sp³-hybridized carbons (Fsp3) is 0.231. The van der Waals surface area contributed by atoms with E-state index in [-0.39, 0.29) is 13.0 Å². The van der Waals surface area contributed by atoms with Gasteiger partial charge in [0.1, 0.15) is 6.61 Å². The molecule has 3 nitrogen and oxygen atoms in total. The van der Waals surface area contributed by atoms with Crippen molar-refractivity contribution in [2.24, 2.45) is 0 Å². The lowest BCUT2D eigenvalue weighted by molar-refractivity contribution is -0.152. The Balaban J connectivity index is 2.35. The van der Waals surface area contributed by atoms with E-state index in [1.165, 1.54) is 6.08 Å². The van der Waals surface area contributed by atoms with Crippen LogP contribution in [0, 0.1) is 0 Å². The third kappa shape index (κ3) is 4.09. The van der Waals surface area contributed by atoms with Crippen LogP contribution in [0.4, 0.5) is 0 Å². The smallest absolute Gasteiger partial charge is 0.374 e. The van der Waals surface area contributed by atoms with E-state index in [0.29, 0.717) is 6.42 Å². The minimum Gasteiger partial charge on any atom is -0.456 e. The van der Waals surface area contributed by atoms with Gasteiger partial charge >= 0.3 is 5.97 Å². The van der Waals surface area contributed by atoms with Crippen LogP contribution in [0.2, 0.25) is 0 Å². The van der Waals surface area contributed by atoms with E-state index >= 15 is 0 Å². The molecule has 0 radical (unpaired) electrons. The van der Waals surface area contributed by atoms with Gasteiger partial charge in [0.2, 0.25) is 5.78 Å². The van der Waals surface area contributed by atoms with E-state index in [0.717, 1.165) is 5.56 Å². The Morgan fingerprint density at radius 2 is 1.94 bits per heavy atom. The van der Waals surface area contributed by atoms with Crippen LogP contribution < -0.4 is 0 Å². The van der Waals surface area contributed by atoms with Crippen molar-refractivity contribution in [3.05, 3.63) is 48.6 Å². The van der Waals surface area contributed by atoms with Crippen LogP contribution in [0.25, 0.3) is 0 Å². The molecule has 0 aromatic heterocycles. The van der Waals surface area contributed by atoms with Gasteiger partial charge in [-0.2, -0.15) is 0 Å². The summed E-state index contributed by atoms with van der Waals surface area (Å²) < 4.78 is 4.63. The fourth-order valence-electron chi connectivity index (χ4n) is 1.22. The lowest BCUT2D eigenvalue weighted by Gasteiger charge is -2.01. The molecule has 0 heterocycles. The van der Waals surface area contributed by atoms with Crippen LogP contribution in [-0.2, 0) is 20.7 Å². The summed E-state index contributed by atoms with van der Waals surface area (Å²) >= 11 is 0. The van der Waals surface area contributed by atoms with Crippen LogP contribution in [0.3, 0.4) is 0 Å². The second-order valence-electron chi connectivity index (χ2n) is 3.30. The van der Waals surface area contributed by atoms with Crippen molar-refractivity contribution in [1.29, 1.82) is 0 Å². The number of ether oxygens (including phenoxy) is 1. The van der Waals surface area contributed by atoms with Gasteiger partial charge in [0.15, 0.2) is 0 Å². The zero-order valence-electron chi connectivity index (χ0n) is 9.02. The number of esters is 1. The zero-order valence-corrected chi connectivity index (χ0v) is 9.02. The molecule has 1 aromatic rings. The second-order valence-corrected chi connectivity index (χ2v) is 3.30. The topological polar surface area (TPSA) is 43.4 Å². The Hall–Kier alpha value is -1.90. The SMILES string of the molecule is C=CCOC(=O)C(=O)CCc1ccccc1. The summed E-state index contributed by atoms with van der Waals surface area (Å²) in [6.07, 6.45) is 2.17. The first-order chi connectivity index (χ1) is 7.74. The summed E-state index contributed by atoms with van der Waals surface area (Å²) in [5.41, 5.74) is 1.03. The van der Waals surface area contributed by atoms with Crippen LogP contribution in [-0.4, -0.2) is 18.4 Å². The molecule has 0 aliphatic carbocycles. The lowest BCUT2D eigenvalue weighted by atomic mass is 10.1. The quantitative estimate of drug-likeness (QED) is 0.416. The molecule has 0 spiro atoms. The van der Waals surface area contributed by atoms with E-state index < -0.39 is 11.8 Å². The molecule has 0 bridgehead atoms. The fourth-order valence-corrected chi connectivity index (χ4v) is 1.22. The van der Waals surface area contributed by atoms with Crippen molar-refractivity contribution in [3.63, 3.8) is 0 Å². The second kappa shape index (κ2) is 6.56. The first kappa shape index (κ1) is 12.2. The van der Waals surface area contributed by atoms with Gasteiger partial charge in [-0.3, -0.25) is 4.79 Å². The Labute approximate surface area is 94.7 Å². The van der Waals surface area contributed by atoms with E-state index in [1.54, 1.807) is 0 Å². The van der Waals surface area contributed by atoms with Gasteiger partial charge in [-0.15, -0.1) is 0 Å². The Kier molecular flexibility index (Phi) is 4.99. The highest BCUT2D eigenvalue weighted by atomic mass is 16.5. The van der Waals surface area contributed by atoms with Gasteiger partial charge in [-0.05, 0) is 12.0 Å². The molecule has 16 heavy (non-hydrogen) atoms. The molecule has 0 saturated carbocycles. The number of carbonyl (C=O) groups excluding carboxylic acids is 2. The zero-order chi connectivity index (χ0) is 11.8. The average Bonchev–Trinajstić information content (AvgIpc) is 2.34. The maximum Gasteiger partial charge on any atom is 0.374 e. The number of rotatable bonds is 6. The molecule has 0 fully saturated rings. The third-order valence-electron chi connectivity index (χ3n) is 2.04. The normalized spacial score (nSPS) is 9.50. The molecule has 0 aliphatic rings. The predicted molar refractivity (Wildman–Crippen MR) is 60.9 cm³/mol. The van der Waals surface area contributed by atoms with Crippen molar-refractivity contribution < 1.29 is 14.3 Å². The van der Waals surface area contributed by atoms with E-state index in [4.69, 9.17) is 0 Å². The Morgan fingerprint density at radius 1 is 1.25 bits per heavy atom. The largest absolute Gasteiger partial charge is 0.456 e. The predicted octanol–water partition coefficient (Wildman–Crippen LogP) is 1.92. The molecule has 0 aliphatic heterocycles. The van der Waals surface area contributed by atoms with Crippen molar-refractivity contribution in [1.82, 2.24) is 0 Å². The van der Waals surface area contributed by atoms with Crippen molar-refractivity contribution in [3.8, 4) is 0 Å². The van der Waals surface area contributed by atoms with Gasteiger partial charge in [-0.1, -0.05) is 43.0 Å². The van der Waals surface area contributed by atoms with E-state index in [1.807, 2.05) is 30.3 Å². The van der Waals surface area contributed by atoms with Gasteiger partial charge in [0, 0.05) is 6.42 Å². The summed E-state index contributed by atoms with van der Waals surface area (Å²) in [4.78, 5) is 22.4. The van der Waals surface area contributed by atoms with Gasteiger partial charge in [-0.25, -0.2) is 4.79 Å². The number of hydrogen-bond donors (Lipinski definition) is 0. The third-order valence-corrected chi connectivity index (χ3v) is 2.04. The summed E-state index contributed by atoms with van der Waals surface area (Å²) in [5, 5.41) is 0. The molecular formula is C13H14O3. The summed E-state index contributed by atoms with van der Waals surface area (Å²) in [6, 6.07) is 9.54. The number of carbonyl (C=O) groups is 2. The molecule has 1 rings (SSSR count). The molecule has 0 saturated heterocycles. The number of aryl methyl sites for hydroxylation is 1. The van der Waals surface area contributed by atoms with Crippen LogP contribution >= 0.6 is 0 Å². The molecule has 0 atom stereocenters. The number of Topliss-reactive ketones (excluding diaryl/α,β-unsaturated/α-hetero) is 1. The molecule has 1 aromatic carbocycles. The summed E-state index contributed by atoms with van der Waals surface area (Å²) in [6.45, 7) is 3.48. The highest BCUT2D eigenvalue weighted by Gasteiger charge is 2.14. The van der Waals surface area contributed by atoms with E-state index in [2.05, 4.69) is 11.3 Å². The van der Waals surface area contributed by atoms with Crippen molar-refractivity contribution >= 4 is 11.8 Å². The molecule has 0 unspecified atom stereocenters. The highest BCUT2D eigenvalue weighted by molar-refractivity contribution is 6.33. The maximum absolute atomic E-state index is 11.3. The Bertz CT molecular complexity index is 368. The number of benzene rings is 1. The molecule has 3 heteroatoms. The van der Waals surface area contributed by atoms with Crippen molar-refractivity contribution in [2.75, 3.05) is 6.61 Å². The minimum absolute atomic E-state index is 0.0793. The highest BCUT2D eigenvalue weighted by Crippen LogP contribution is 2.03. The van der Waals surface area contributed by atoms with Gasteiger partial charge in [0.25, 0.3) is 0 Å². The van der Waals surface area contributed by atoms with Crippen LogP contribution in [0.15, 0.2) is 43.0 Å². The number of ketones is 1. The Morgan fingerprint density at radius 3 is 2.56 bits per heavy atom. The minimum atomic E-state index is -0.782. The van der Waals surface area contributed by atoms with Crippen LogP contribution in [0.5, 0.6) is 0 Å². The monoisotopic (exact) mass is 218 g/mol. The number of hydrogen-bond acceptors (Lipinski definition) is 3. The first-order valence-electron chi connectivity index (χ1n) is 5.09.